The van der Waals surface area contributed by atoms with Gasteiger partial charge in [-0.05, 0) is 49.7 Å². The molecule has 1 aromatic carbocycles. The largest absolute Gasteiger partial charge is 0.378 e. The molecular weight excluding hydrogens is 234 g/mol. The zero-order chi connectivity index (χ0) is 13.7. The molecule has 2 heteroatoms. The van der Waals surface area contributed by atoms with Crippen molar-refractivity contribution in [2.24, 2.45) is 11.7 Å². The van der Waals surface area contributed by atoms with Gasteiger partial charge < -0.3 is 10.5 Å². The molecule has 0 bridgehead atoms. The van der Waals surface area contributed by atoms with Crippen LogP contribution in [0.5, 0.6) is 0 Å². The van der Waals surface area contributed by atoms with Crippen molar-refractivity contribution in [3.8, 4) is 0 Å². The maximum Gasteiger partial charge on any atom is 0.0580 e. The van der Waals surface area contributed by atoms with E-state index in [-0.39, 0.29) is 6.04 Å². The third kappa shape index (κ3) is 4.05. The normalized spacial score (nSPS) is 23.9. The van der Waals surface area contributed by atoms with Crippen LogP contribution in [0.2, 0.25) is 0 Å². The minimum Gasteiger partial charge on any atom is -0.378 e. The van der Waals surface area contributed by atoms with E-state index in [0.717, 1.165) is 25.4 Å². The molecule has 0 aliphatic heterocycles. The van der Waals surface area contributed by atoms with E-state index < -0.39 is 0 Å². The maximum atomic E-state index is 6.31. The van der Waals surface area contributed by atoms with Crippen LogP contribution < -0.4 is 5.73 Å². The van der Waals surface area contributed by atoms with Crippen LogP contribution in [0.3, 0.4) is 0 Å². The molecule has 1 aromatic rings. The summed E-state index contributed by atoms with van der Waals surface area (Å²) in [4.78, 5) is 0. The van der Waals surface area contributed by atoms with Crippen molar-refractivity contribution in [2.75, 3.05) is 6.61 Å². The maximum absolute atomic E-state index is 6.31. The van der Waals surface area contributed by atoms with Crippen molar-refractivity contribution in [2.45, 2.75) is 58.1 Å². The summed E-state index contributed by atoms with van der Waals surface area (Å²) in [7, 11) is 0. The van der Waals surface area contributed by atoms with Crippen molar-refractivity contribution in [1.29, 1.82) is 0 Å². The van der Waals surface area contributed by atoms with Gasteiger partial charge in [0.2, 0.25) is 0 Å². The Morgan fingerprint density at radius 1 is 1.21 bits per heavy atom. The number of ether oxygens (including phenoxy) is 1. The predicted octanol–water partition coefficient (Wildman–Crippen LogP) is 3.84. The van der Waals surface area contributed by atoms with Gasteiger partial charge in [0.1, 0.15) is 0 Å². The third-order valence-electron chi connectivity index (χ3n) is 4.13. The monoisotopic (exact) mass is 261 g/mol. The molecule has 1 saturated carbocycles. The second kappa shape index (κ2) is 7.06. The Kier molecular flexibility index (Phi) is 5.41. The van der Waals surface area contributed by atoms with E-state index >= 15 is 0 Å². The molecule has 2 nitrogen and oxygen atoms in total. The van der Waals surface area contributed by atoms with Gasteiger partial charge in [0, 0.05) is 12.6 Å². The molecule has 1 fully saturated rings. The first-order valence-corrected chi connectivity index (χ1v) is 7.69. The summed E-state index contributed by atoms with van der Waals surface area (Å²) in [5.41, 5.74) is 9.00. The summed E-state index contributed by atoms with van der Waals surface area (Å²) in [6.45, 7) is 5.12. The van der Waals surface area contributed by atoms with Crippen molar-refractivity contribution < 1.29 is 4.74 Å². The van der Waals surface area contributed by atoms with Gasteiger partial charge in [-0.1, -0.05) is 37.6 Å². The Bertz CT molecular complexity index is 367. The Morgan fingerprint density at radius 3 is 2.47 bits per heavy atom. The zero-order valence-electron chi connectivity index (χ0n) is 12.3. The Morgan fingerprint density at radius 2 is 1.89 bits per heavy atom. The number of benzene rings is 1. The molecule has 2 N–H and O–H groups in total. The molecule has 106 valence electrons. The average molecular weight is 261 g/mol. The van der Waals surface area contributed by atoms with Crippen molar-refractivity contribution >= 4 is 0 Å². The SMILES string of the molecule is CCCc1ccc(C(N)CC2CC(OCC)C2)cc1. The fraction of sp³-hybridized carbons (Fsp3) is 0.647. The molecule has 0 aromatic heterocycles. The van der Waals surface area contributed by atoms with Crippen LogP contribution in [0, 0.1) is 5.92 Å². The second-order valence-corrected chi connectivity index (χ2v) is 5.75. The highest BCUT2D eigenvalue weighted by atomic mass is 16.5. The van der Waals surface area contributed by atoms with E-state index in [1.807, 2.05) is 0 Å². The summed E-state index contributed by atoms with van der Waals surface area (Å²) in [5, 5.41) is 0. The van der Waals surface area contributed by atoms with Crippen LogP contribution >= 0.6 is 0 Å². The Hall–Kier alpha value is -0.860. The van der Waals surface area contributed by atoms with Gasteiger partial charge in [0.05, 0.1) is 6.10 Å². The molecule has 1 atom stereocenters. The van der Waals surface area contributed by atoms with E-state index in [9.17, 15) is 0 Å². The highest BCUT2D eigenvalue weighted by Crippen LogP contribution is 2.36. The van der Waals surface area contributed by atoms with Gasteiger partial charge in [-0.15, -0.1) is 0 Å². The van der Waals surface area contributed by atoms with Gasteiger partial charge in [-0.2, -0.15) is 0 Å². The number of aryl methyl sites for hydroxylation is 1. The molecule has 1 aliphatic carbocycles. The van der Waals surface area contributed by atoms with E-state index in [2.05, 4.69) is 38.1 Å². The van der Waals surface area contributed by atoms with Crippen LogP contribution in [0.4, 0.5) is 0 Å². The molecule has 2 rings (SSSR count). The van der Waals surface area contributed by atoms with Gasteiger partial charge >= 0.3 is 0 Å². The van der Waals surface area contributed by atoms with Crippen LogP contribution in [-0.2, 0) is 11.2 Å². The molecule has 19 heavy (non-hydrogen) atoms. The quantitative estimate of drug-likeness (QED) is 0.809. The first-order valence-electron chi connectivity index (χ1n) is 7.69. The summed E-state index contributed by atoms with van der Waals surface area (Å²) in [6.07, 6.45) is 6.33. The second-order valence-electron chi connectivity index (χ2n) is 5.75. The van der Waals surface area contributed by atoms with E-state index in [0.29, 0.717) is 6.10 Å². The lowest BCUT2D eigenvalue weighted by molar-refractivity contribution is -0.0282. The standard InChI is InChI=1S/C17H27NO/c1-3-5-13-6-8-15(9-7-13)17(18)12-14-10-16(11-14)19-4-2/h6-9,14,16-17H,3-5,10-12,18H2,1-2H3. The lowest BCUT2D eigenvalue weighted by Crippen LogP contribution is -2.33. The first-order chi connectivity index (χ1) is 9.22. The van der Waals surface area contributed by atoms with Crippen LogP contribution in [0.25, 0.3) is 0 Å². The van der Waals surface area contributed by atoms with Gasteiger partial charge in [0.15, 0.2) is 0 Å². The topological polar surface area (TPSA) is 35.2 Å². The zero-order valence-corrected chi connectivity index (χ0v) is 12.3. The minimum atomic E-state index is 0.184. The first kappa shape index (κ1) is 14.5. The summed E-state index contributed by atoms with van der Waals surface area (Å²) in [6, 6.07) is 9.04. The van der Waals surface area contributed by atoms with Gasteiger partial charge in [-0.25, -0.2) is 0 Å². The fourth-order valence-corrected chi connectivity index (χ4v) is 2.95. The Labute approximate surface area is 117 Å². The highest BCUT2D eigenvalue weighted by molar-refractivity contribution is 5.25. The number of nitrogens with two attached hydrogens (primary N) is 1. The number of hydrogen-bond acceptors (Lipinski definition) is 2. The van der Waals surface area contributed by atoms with Crippen LogP contribution in [0.1, 0.15) is 56.7 Å². The lowest BCUT2D eigenvalue weighted by Gasteiger charge is -2.36. The van der Waals surface area contributed by atoms with Gasteiger partial charge in [0.25, 0.3) is 0 Å². The molecule has 1 aliphatic rings. The molecule has 0 radical (unpaired) electrons. The van der Waals surface area contributed by atoms with Crippen molar-refractivity contribution in [3.05, 3.63) is 35.4 Å². The highest BCUT2D eigenvalue weighted by Gasteiger charge is 2.30. The van der Waals surface area contributed by atoms with E-state index in [1.165, 1.54) is 30.4 Å². The Balaban J connectivity index is 1.78. The summed E-state index contributed by atoms with van der Waals surface area (Å²) in [5.74, 6) is 0.752. The molecule has 0 saturated heterocycles. The average Bonchev–Trinajstić information content (AvgIpc) is 2.37. The van der Waals surface area contributed by atoms with Crippen LogP contribution in [-0.4, -0.2) is 12.7 Å². The number of rotatable bonds is 7. The van der Waals surface area contributed by atoms with Crippen molar-refractivity contribution in [3.63, 3.8) is 0 Å². The molecule has 0 heterocycles. The molecule has 1 unspecified atom stereocenters. The lowest BCUT2D eigenvalue weighted by atomic mass is 9.77. The van der Waals surface area contributed by atoms with Crippen LogP contribution in [0.15, 0.2) is 24.3 Å². The van der Waals surface area contributed by atoms with E-state index in [4.69, 9.17) is 10.5 Å². The smallest absolute Gasteiger partial charge is 0.0580 e. The number of hydrogen-bond donors (Lipinski definition) is 1. The van der Waals surface area contributed by atoms with Gasteiger partial charge in [-0.3, -0.25) is 0 Å². The molecular formula is C17H27NO. The molecule has 0 amide bonds. The predicted molar refractivity (Wildman–Crippen MR) is 80.1 cm³/mol. The summed E-state index contributed by atoms with van der Waals surface area (Å²) < 4.78 is 5.60. The third-order valence-corrected chi connectivity index (χ3v) is 4.13. The minimum absolute atomic E-state index is 0.184. The van der Waals surface area contributed by atoms with E-state index in [1.54, 1.807) is 0 Å². The summed E-state index contributed by atoms with van der Waals surface area (Å²) >= 11 is 0. The molecule has 0 spiro atoms. The fourth-order valence-electron chi connectivity index (χ4n) is 2.95. The van der Waals surface area contributed by atoms with Crippen molar-refractivity contribution in [1.82, 2.24) is 0 Å².